The highest BCUT2D eigenvalue weighted by Crippen LogP contribution is 2.47. The molecule has 0 saturated carbocycles. The Kier molecular flexibility index (Phi) is 6.16. The van der Waals surface area contributed by atoms with Crippen LogP contribution in [0.4, 0.5) is 8.78 Å². The van der Waals surface area contributed by atoms with Gasteiger partial charge in [0.05, 0.1) is 11.6 Å². The molecule has 2 aromatic rings. The monoisotopic (exact) mass is 522 g/mol. The summed E-state index contributed by atoms with van der Waals surface area (Å²) in [7, 11) is 0. The Morgan fingerprint density at radius 2 is 2.00 bits per heavy atom. The lowest BCUT2D eigenvalue weighted by Gasteiger charge is -2.47. The molecule has 8 nitrogen and oxygen atoms in total. The number of piperazine rings is 1. The van der Waals surface area contributed by atoms with Crippen LogP contribution in [-0.2, 0) is 27.5 Å². The van der Waals surface area contributed by atoms with Crippen molar-refractivity contribution in [1.29, 1.82) is 0 Å². The SMILES string of the molecule is C[C@H]1CNC2C3CCC4=C(C(=O)NCc5ccc(F)cc5F)C(O)C(OCc5ccccc5)=C(C(=O)N21)N43. The molecule has 198 valence electrons. The van der Waals surface area contributed by atoms with E-state index in [4.69, 9.17) is 4.74 Å². The summed E-state index contributed by atoms with van der Waals surface area (Å²) in [6.45, 7) is 2.53. The number of allylic oxidation sites excluding steroid dienone is 1. The Balaban J connectivity index is 1.35. The maximum absolute atomic E-state index is 14.2. The molecular formula is C28H28F2N4O4. The third-order valence-corrected chi connectivity index (χ3v) is 7.74. The van der Waals surface area contributed by atoms with E-state index >= 15 is 0 Å². The van der Waals surface area contributed by atoms with Crippen molar-refractivity contribution >= 4 is 11.8 Å². The van der Waals surface area contributed by atoms with Crippen molar-refractivity contribution in [2.24, 2.45) is 0 Å². The molecule has 3 fully saturated rings. The second kappa shape index (κ2) is 9.52. The molecule has 0 radical (unpaired) electrons. The highest BCUT2D eigenvalue weighted by molar-refractivity contribution is 6.01. The van der Waals surface area contributed by atoms with E-state index < -0.39 is 23.6 Å². The molecule has 2 amide bonds. The minimum Gasteiger partial charge on any atom is -0.488 e. The van der Waals surface area contributed by atoms with E-state index in [1.54, 1.807) is 4.90 Å². The molecule has 0 bridgehead atoms. The quantitative estimate of drug-likeness (QED) is 0.539. The van der Waals surface area contributed by atoms with E-state index in [2.05, 4.69) is 10.6 Å². The smallest absolute Gasteiger partial charge is 0.275 e. The number of nitrogens with zero attached hydrogens (tertiary/aromatic N) is 2. The molecule has 3 N–H and O–H groups in total. The van der Waals surface area contributed by atoms with Gasteiger partial charge in [-0.1, -0.05) is 36.4 Å². The van der Waals surface area contributed by atoms with E-state index in [1.165, 1.54) is 6.07 Å². The number of amides is 2. The molecule has 3 saturated heterocycles. The maximum Gasteiger partial charge on any atom is 0.275 e. The van der Waals surface area contributed by atoms with E-state index in [0.29, 0.717) is 25.1 Å². The molecular weight excluding hydrogens is 494 g/mol. The minimum atomic E-state index is -1.48. The first kappa shape index (κ1) is 24.6. The van der Waals surface area contributed by atoms with Gasteiger partial charge < -0.3 is 25.0 Å². The van der Waals surface area contributed by atoms with Crippen LogP contribution < -0.4 is 10.6 Å². The normalized spacial score (nSPS) is 26.1. The molecule has 38 heavy (non-hydrogen) atoms. The Bertz CT molecular complexity index is 1360. The van der Waals surface area contributed by atoms with Crippen molar-refractivity contribution in [2.75, 3.05) is 6.54 Å². The fourth-order valence-corrected chi connectivity index (χ4v) is 5.95. The van der Waals surface area contributed by atoms with Gasteiger partial charge in [-0.25, -0.2) is 8.78 Å². The molecule has 4 atom stereocenters. The number of carbonyl (C=O) groups is 2. The van der Waals surface area contributed by atoms with Crippen LogP contribution in [0.2, 0.25) is 0 Å². The number of aliphatic hydroxyl groups excluding tert-OH is 1. The van der Waals surface area contributed by atoms with Crippen LogP contribution in [0.1, 0.15) is 30.9 Å². The fourth-order valence-electron chi connectivity index (χ4n) is 5.95. The lowest BCUT2D eigenvalue weighted by Crippen LogP contribution is -2.62. The van der Waals surface area contributed by atoms with Crippen LogP contribution >= 0.6 is 0 Å². The zero-order valence-corrected chi connectivity index (χ0v) is 20.8. The number of hydrogen-bond acceptors (Lipinski definition) is 6. The molecule has 4 aliphatic heterocycles. The molecule has 0 spiro atoms. The number of halogens is 2. The van der Waals surface area contributed by atoms with E-state index in [9.17, 15) is 23.5 Å². The number of rotatable bonds is 6. The number of fused-ring (bicyclic) bond motifs is 2. The van der Waals surface area contributed by atoms with Gasteiger partial charge in [-0.2, -0.15) is 0 Å². The summed E-state index contributed by atoms with van der Waals surface area (Å²) < 4.78 is 33.6. The summed E-state index contributed by atoms with van der Waals surface area (Å²) in [6, 6.07) is 12.3. The number of hydrogen-bond donors (Lipinski definition) is 3. The average Bonchev–Trinajstić information content (AvgIpc) is 3.50. The molecule has 0 aromatic heterocycles. The van der Waals surface area contributed by atoms with Crippen molar-refractivity contribution < 1.29 is 28.2 Å². The van der Waals surface area contributed by atoms with Crippen molar-refractivity contribution in [2.45, 2.75) is 57.3 Å². The zero-order valence-electron chi connectivity index (χ0n) is 20.8. The van der Waals surface area contributed by atoms with Gasteiger partial charge in [0.25, 0.3) is 11.8 Å². The molecule has 4 heterocycles. The first-order valence-electron chi connectivity index (χ1n) is 12.7. The number of carbonyl (C=O) groups excluding carboxylic acids is 2. The van der Waals surface area contributed by atoms with Crippen LogP contribution in [0.5, 0.6) is 0 Å². The maximum atomic E-state index is 14.2. The highest BCUT2D eigenvalue weighted by atomic mass is 19.1. The number of benzene rings is 2. The standard InChI is InChI=1S/C28H28F2N4O4/c1-15-12-31-26-21-10-9-20-22(27(36)32-13-17-7-8-18(29)11-19(17)30)24(35)25(23(34(20)21)28(37)33(15)26)38-14-16-5-3-2-4-6-16/h2-8,11,15,21,24,26,31,35H,9-10,12-14H2,1H3,(H,32,36)/t15-,21?,24?,26?/m0/s1. The van der Waals surface area contributed by atoms with Gasteiger partial charge in [-0.15, -0.1) is 0 Å². The summed E-state index contributed by atoms with van der Waals surface area (Å²) in [5, 5.41) is 17.6. The fraction of sp³-hybridized carbons (Fsp3) is 0.357. The summed E-state index contributed by atoms with van der Waals surface area (Å²) >= 11 is 0. The second-order valence-corrected chi connectivity index (χ2v) is 10.1. The first-order valence-corrected chi connectivity index (χ1v) is 12.7. The van der Waals surface area contributed by atoms with E-state index in [-0.39, 0.29) is 59.9 Å². The largest absolute Gasteiger partial charge is 0.488 e. The van der Waals surface area contributed by atoms with Gasteiger partial charge in [0.1, 0.15) is 36.2 Å². The van der Waals surface area contributed by atoms with Crippen LogP contribution in [0, 0.1) is 11.6 Å². The Morgan fingerprint density at radius 3 is 2.76 bits per heavy atom. The van der Waals surface area contributed by atoms with Crippen LogP contribution in [0.3, 0.4) is 0 Å². The lowest BCUT2D eigenvalue weighted by molar-refractivity contribution is -0.137. The number of ether oxygens (including phenoxy) is 1. The summed E-state index contributed by atoms with van der Waals surface area (Å²) in [5.74, 6) is -2.30. The molecule has 10 heteroatoms. The average molecular weight is 523 g/mol. The second-order valence-electron chi connectivity index (χ2n) is 10.1. The summed E-state index contributed by atoms with van der Waals surface area (Å²) in [5.41, 5.74) is 1.87. The van der Waals surface area contributed by atoms with Crippen molar-refractivity contribution in [3.8, 4) is 0 Å². The zero-order chi connectivity index (χ0) is 26.6. The van der Waals surface area contributed by atoms with Gasteiger partial charge in [-0.05, 0) is 31.4 Å². The number of nitrogens with one attached hydrogen (secondary N) is 2. The van der Waals surface area contributed by atoms with Crippen LogP contribution in [-0.4, -0.2) is 57.6 Å². The first-order chi connectivity index (χ1) is 18.3. The van der Waals surface area contributed by atoms with E-state index in [1.807, 2.05) is 42.2 Å². The molecule has 3 unspecified atom stereocenters. The number of aliphatic hydroxyl groups is 1. The minimum absolute atomic E-state index is 0.0296. The van der Waals surface area contributed by atoms with Gasteiger partial charge in [-0.3, -0.25) is 14.9 Å². The summed E-state index contributed by atoms with van der Waals surface area (Å²) in [4.78, 5) is 30.9. The molecule has 2 aromatic carbocycles. The third kappa shape index (κ3) is 3.95. The van der Waals surface area contributed by atoms with Gasteiger partial charge in [0, 0.05) is 36.5 Å². The van der Waals surface area contributed by atoms with Gasteiger partial charge >= 0.3 is 0 Å². The van der Waals surface area contributed by atoms with Crippen molar-refractivity contribution in [3.63, 3.8) is 0 Å². The Labute approximate surface area is 218 Å². The molecule has 4 aliphatic rings. The molecule has 6 rings (SSSR count). The lowest BCUT2D eigenvalue weighted by atomic mass is 9.95. The third-order valence-electron chi connectivity index (χ3n) is 7.74. The van der Waals surface area contributed by atoms with Gasteiger partial charge in [0.2, 0.25) is 0 Å². The Hall–Kier alpha value is -3.76. The summed E-state index contributed by atoms with van der Waals surface area (Å²) in [6.07, 6.45) is -0.543. The predicted octanol–water partition coefficient (Wildman–Crippen LogP) is 2.26. The molecule has 0 aliphatic carbocycles. The highest BCUT2D eigenvalue weighted by Gasteiger charge is 2.56. The van der Waals surface area contributed by atoms with Gasteiger partial charge in [0.15, 0.2) is 5.76 Å². The Morgan fingerprint density at radius 1 is 1.21 bits per heavy atom. The predicted molar refractivity (Wildman–Crippen MR) is 132 cm³/mol. The van der Waals surface area contributed by atoms with Crippen LogP contribution in [0.15, 0.2) is 71.3 Å². The van der Waals surface area contributed by atoms with Crippen LogP contribution in [0.25, 0.3) is 0 Å². The van der Waals surface area contributed by atoms with Crippen molar-refractivity contribution in [3.05, 3.63) is 94.0 Å². The van der Waals surface area contributed by atoms with Crippen molar-refractivity contribution in [1.82, 2.24) is 20.4 Å². The topological polar surface area (TPSA) is 94.1 Å². The van der Waals surface area contributed by atoms with E-state index in [0.717, 1.165) is 17.7 Å².